The number of aliphatic hydroxyl groups is 5. The Morgan fingerprint density at radius 3 is 2.28 bits per heavy atom. The summed E-state index contributed by atoms with van der Waals surface area (Å²) in [5.41, 5.74) is -4.14. The van der Waals surface area contributed by atoms with E-state index in [1.807, 2.05) is 32.0 Å². The van der Waals surface area contributed by atoms with Crippen LogP contribution in [0.15, 0.2) is 36.5 Å². The molecular formula is C47H73N3O14. The van der Waals surface area contributed by atoms with Gasteiger partial charge in [0, 0.05) is 67.4 Å². The van der Waals surface area contributed by atoms with Gasteiger partial charge in [-0.3, -0.25) is 19.4 Å². The summed E-state index contributed by atoms with van der Waals surface area (Å²) in [6, 6.07) is 8.28. The van der Waals surface area contributed by atoms with Crippen LogP contribution < -0.4 is 5.32 Å². The molecule has 0 saturated carbocycles. The number of ether oxygens (including phenoxy) is 6. The Morgan fingerprint density at radius 1 is 0.938 bits per heavy atom. The highest BCUT2D eigenvalue weighted by Gasteiger charge is 2.53. The molecule has 0 spiro atoms. The fraction of sp³-hybridized carbons (Fsp3) is 0.745. The van der Waals surface area contributed by atoms with E-state index in [1.165, 1.54) is 27.9 Å². The highest BCUT2D eigenvalue weighted by molar-refractivity contribution is 5.97. The molecular weight excluding hydrogens is 831 g/mol. The monoisotopic (exact) mass is 904 g/mol. The molecule has 1 aromatic heterocycles. The van der Waals surface area contributed by atoms with Crippen molar-refractivity contribution in [2.75, 3.05) is 27.7 Å². The van der Waals surface area contributed by atoms with Gasteiger partial charge in [0.25, 0.3) is 5.91 Å². The third-order valence-electron chi connectivity index (χ3n) is 14.0. The number of nitrogens with zero attached hydrogens (tertiary/aromatic N) is 2. The van der Waals surface area contributed by atoms with Gasteiger partial charge in [0.05, 0.1) is 53.2 Å². The number of aliphatic hydroxyl groups excluding tert-OH is 3. The molecule has 3 fully saturated rings. The zero-order chi connectivity index (χ0) is 47.6. The summed E-state index contributed by atoms with van der Waals surface area (Å²) < 4.78 is 37.6. The van der Waals surface area contributed by atoms with Crippen LogP contribution in [0.25, 0.3) is 10.9 Å². The van der Waals surface area contributed by atoms with Gasteiger partial charge in [-0.15, -0.1) is 0 Å². The second-order valence-corrected chi connectivity index (χ2v) is 19.5. The normalized spacial score (nSPS) is 41.9. The van der Waals surface area contributed by atoms with Crippen LogP contribution in [-0.4, -0.2) is 165 Å². The molecule has 5 rings (SSSR count). The van der Waals surface area contributed by atoms with Crippen LogP contribution in [0.5, 0.6) is 0 Å². The summed E-state index contributed by atoms with van der Waals surface area (Å²) in [4.78, 5) is 48.4. The highest BCUT2D eigenvalue weighted by Crippen LogP contribution is 2.41. The second-order valence-electron chi connectivity index (χ2n) is 19.5. The molecule has 3 aliphatic heterocycles. The molecule has 4 heterocycles. The lowest BCUT2D eigenvalue weighted by Crippen LogP contribution is -2.61. The molecule has 3 aliphatic rings. The summed E-state index contributed by atoms with van der Waals surface area (Å²) in [5.74, 6) is -6.06. The number of carbonyl (C=O) groups excluding carboxylic acids is 3. The van der Waals surface area contributed by atoms with Crippen LogP contribution in [0.1, 0.15) is 98.4 Å². The molecule has 1 amide bonds. The first-order valence-corrected chi connectivity index (χ1v) is 22.5. The third-order valence-corrected chi connectivity index (χ3v) is 14.0. The van der Waals surface area contributed by atoms with Crippen LogP contribution in [0, 0.1) is 23.7 Å². The lowest BCUT2D eigenvalue weighted by molar-refractivity contribution is -0.318. The fourth-order valence-corrected chi connectivity index (χ4v) is 9.90. The number of Topliss-reactive ketones (excluding diaryl/α,β-unsaturated/α-hetero) is 1. The Balaban J connectivity index is 1.54. The van der Waals surface area contributed by atoms with Gasteiger partial charge >= 0.3 is 5.97 Å². The predicted molar refractivity (Wildman–Crippen MR) is 235 cm³/mol. The topological polar surface area (TPSA) is 236 Å². The fourth-order valence-electron chi connectivity index (χ4n) is 9.90. The van der Waals surface area contributed by atoms with Gasteiger partial charge in [0.1, 0.15) is 29.7 Å². The van der Waals surface area contributed by atoms with Crippen LogP contribution in [0.3, 0.4) is 0 Å². The van der Waals surface area contributed by atoms with Crippen molar-refractivity contribution in [2.45, 2.75) is 172 Å². The van der Waals surface area contributed by atoms with Crippen molar-refractivity contribution >= 4 is 28.6 Å². The number of methoxy groups -OCH3 is 1. The zero-order valence-corrected chi connectivity index (χ0v) is 39.5. The van der Waals surface area contributed by atoms with Crippen molar-refractivity contribution in [3.63, 3.8) is 0 Å². The molecule has 0 aliphatic carbocycles. The van der Waals surface area contributed by atoms with E-state index in [0.717, 1.165) is 5.39 Å². The predicted octanol–water partition coefficient (Wildman–Crippen LogP) is 2.74. The summed E-state index contributed by atoms with van der Waals surface area (Å²) in [6.45, 7) is 14.3. The van der Waals surface area contributed by atoms with Crippen molar-refractivity contribution in [3.05, 3.63) is 42.1 Å². The molecule has 360 valence electrons. The lowest BCUT2D eigenvalue weighted by atomic mass is 9.74. The van der Waals surface area contributed by atoms with Gasteiger partial charge in [-0.1, -0.05) is 26.8 Å². The maximum Gasteiger partial charge on any atom is 0.311 e. The van der Waals surface area contributed by atoms with Gasteiger partial charge in [-0.05, 0) is 92.7 Å². The third kappa shape index (κ3) is 11.3. The molecule has 1 aromatic carbocycles. The molecule has 6 N–H and O–H groups in total. The van der Waals surface area contributed by atoms with E-state index in [4.69, 9.17) is 28.4 Å². The highest BCUT2D eigenvalue weighted by atomic mass is 16.7. The number of benzene rings is 1. The molecule has 0 unspecified atom stereocenters. The van der Waals surface area contributed by atoms with Gasteiger partial charge < -0.3 is 64.2 Å². The Labute approximate surface area is 377 Å². The maximum atomic E-state index is 14.7. The first-order valence-electron chi connectivity index (χ1n) is 22.5. The average molecular weight is 904 g/mol. The minimum Gasteiger partial charge on any atom is -0.459 e. The van der Waals surface area contributed by atoms with E-state index in [0.29, 0.717) is 17.5 Å². The van der Waals surface area contributed by atoms with Gasteiger partial charge in [0.15, 0.2) is 12.6 Å². The van der Waals surface area contributed by atoms with Crippen molar-refractivity contribution < 1.29 is 68.3 Å². The van der Waals surface area contributed by atoms with E-state index in [9.17, 15) is 39.9 Å². The Bertz CT molecular complexity index is 1910. The van der Waals surface area contributed by atoms with Gasteiger partial charge in [-0.2, -0.15) is 0 Å². The zero-order valence-electron chi connectivity index (χ0n) is 39.5. The van der Waals surface area contributed by atoms with Gasteiger partial charge in [0.2, 0.25) is 0 Å². The Morgan fingerprint density at radius 2 is 1.62 bits per heavy atom. The van der Waals surface area contributed by atoms with E-state index in [-0.39, 0.29) is 38.0 Å². The van der Waals surface area contributed by atoms with Gasteiger partial charge in [-0.25, -0.2) is 0 Å². The summed E-state index contributed by atoms with van der Waals surface area (Å²) in [5, 5.41) is 62.7. The number of esters is 1. The van der Waals surface area contributed by atoms with E-state index >= 15 is 0 Å². The summed E-state index contributed by atoms with van der Waals surface area (Å²) >= 11 is 0. The van der Waals surface area contributed by atoms with E-state index in [2.05, 4.69) is 10.3 Å². The number of ketones is 1. The largest absolute Gasteiger partial charge is 0.459 e. The van der Waals surface area contributed by atoms with Crippen molar-refractivity contribution in [1.82, 2.24) is 15.2 Å². The molecule has 3 saturated heterocycles. The van der Waals surface area contributed by atoms with Crippen LogP contribution in [0.4, 0.5) is 0 Å². The smallest absolute Gasteiger partial charge is 0.311 e. The first kappa shape index (κ1) is 51.8. The summed E-state index contributed by atoms with van der Waals surface area (Å²) in [7, 11) is 5.13. The SMILES string of the molecule is CO[C@]1(C)C[C@H](O[C@H]2[C@H](C)[C@@H](O[C@@H]3O[C@H](C)C[C@H](N(C)C)[C@H]3O)[C@](C)(O)C[C@@H](C)C(=O)[C@H](C)[C@@H](O)[C@](C)(O)[C@@H](CCNC(=O)c3ccc4ncccc4c3)OC(=O)[C@@H]2C)O[C@@H](C)[C@@H]1O. The van der Waals surface area contributed by atoms with E-state index < -0.39 is 113 Å². The molecule has 18 atom stereocenters. The number of carbonyl (C=O) groups is 3. The molecule has 2 aromatic rings. The molecule has 0 radical (unpaired) electrons. The number of cyclic esters (lactones) is 1. The minimum atomic E-state index is -2.23. The van der Waals surface area contributed by atoms with Crippen LogP contribution in [-0.2, 0) is 38.0 Å². The quantitative estimate of drug-likeness (QED) is 0.188. The van der Waals surface area contributed by atoms with Crippen LogP contribution in [0.2, 0.25) is 0 Å². The minimum absolute atomic E-state index is 0.0365. The number of fused-ring (bicyclic) bond motifs is 1. The Kier molecular flexibility index (Phi) is 16.8. The van der Waals surface area contributed by atoms with Crippen molar-refractivity contribution in [2.24, 2.45) is 23.7 Å². The first-order chi connectivity index (χ1) is 29.8. The number of hydrogen-bond donors (Lipinski definition) is 6. The van der Waals surface area contributed by atoms with E-state index in [1.54, 1.807) is 65.1 Å². The number of likely N-dealkylation sites (N-methyl/N-ethyl adjacent to an activating group) is 1. The number of pyridine rings is 1. The number of nitrogens with one attached hydrogen (secondary N) is 1. The lowest BCUT2D eigenvalue weighted by Gasteiger charge is -2.49. The molecule has 0 bridgehead atoms. The average Bonchev–Trinajstić information content (AvgIpc) is 3.24. The molecule has 17 nitrogen and oxygen atoms in total. The molecule has 64 heavy (non-hydrogen) atoms. The van der Waals surface area contributed by atoms with Crippen molar-refractivity contribution in [1.29, 1.82) is 0 Å². The molecule has 17 heteroatoms. The standard InChI is InChI=1S/C47H73N3O14/c1-24-22-45(7,57)41(64-44-37(52)33(50(10)11)20-25(2)60-44)27(4)38(63-35-23-46(8,59-12)40(54)29(6)61-35)28(5)43(56)62-34(47(9,58)39(53)26(3)36(24)51)17-19-49-42(55)31-15-16-32-30(21-31)14-13-18-48-32/h13-16,18,21,24-29,33-35,37-41,44,52-54,57-58H,17,19-20,22-23H2,1-12H3,(H,49,55)/t24-,25-,26+,27+,28-,29+,33+,34-,35+,37-,38+,39-,40+,41-,44+,45-,46-,47-/m1/s1. The number of hydrogen-bond acceptors (Lipinski definition) is 16. The number of aromatic nitrogens is 1. The Hall–Kier alpha value is -3.20. The second kappa shape index (κ2) is 20.8. The van der Waals surface area contributed by atoms with Crippen LogP contribution >= 0.6 is 0 Å². The summed E-state index contributed by atoms with van der Waals surface area (Å²) in [6.07, 6.45) is -9.50. The number of amides is 1. The van der Waals surface area contributed by atoms with Crippen molar-refractivity contribution in [3.8, 4) is 0 Å². The maximum absolute atomic E-state index is 14.7. The number of rotatable bonds is 10.